The van der Waals surface area contributed by atoms with Crippen molar-refractivity contribution < 1.29 is 9.53 Å². The Labute approximate surface area is 107 Å². The van der Waals surface area contributed by atoms with Crippen molar-refractivity contribution in [3.8, 4) is 0 Å². The number of carbonyl (C=O) groups is 1. The first-order valence-corrected chi connectivity index (χ1v) is 6.37. The summed E-state index contributed by atoms with van der Waals surface area (Å²) < 4.78 is 5.70. The highest BCUT2D eigenvalue weighted by Gasteiger charge is 2.12. The van der Waals surface area contributed by atoms with Gasteiger partial charge in [0, 0.05) is 18.9 Å². The standard InChI is InChI=1S/C13H19N3O2/c17-13(11-2-1-5-15-10-11)16-8-9-18-12-3-6-14-7-4-12/h1-2,5,10,12,14H,3-4,6-9H2,(H,16,17). The third-order valence-electron chi connectivity index (χ3n) is 2.95. The number of carbonyl (C=O) groups excluding carboxylic acids is 1. The van der Waals surface area contributed by atoms with Crippen molar-refractivity contribution in [3.63, 3.8) is 0 Å². The molecule has 2 N–H and O–H groups in total. The Hall–Kier alpha value is -1.46. The summed E-state index contributed by atoms with van der Waals surface area (Å²) in [5.74, 6) is -0.1000. The van der Waals surface area contributed by atoms with Crippen molar-refractivity contribution in [2.75, 3.05) is 26.2 Å². The Balaban J connectivity index is 1.62. The minimum absolute atomic E-state index is 0.1000. The molecule has 1 aliphatic rings. The van der Waals surface area contributed by atoms with Crippen molar-refractivity contribution in [2.24, 2.45) is 0 Å². The van der Waals surface area contributed by atoms with Crippen molar-refractivity contribution >= 4 is 5.91 Å². The summed E-state index contributed by atoms with van der Waals surface area (Å²) in [6, 6.07) is 3.50. The van der Waals surface area contributed by atoms with E-state index >= 15 is 0 Å². The van der Waals surface area contributed by atoms with Crippen molar-refractivity contribution in [3.05, 3.63) is 30.1 Å². The summed E-state index contributed by atoms with van der Waals surface area (Å²) in [7, 11) is 0. The monoisotopic (exact) mass is 249 g/mol. The second-order valence-electron chi connectivity index (χ2n) is 4.32. The molecular formula is C13H19N3O2. The van der Waals surface area contributed by atoms with Gasteiger partial charge in [0.15, 0.2) is 0 Å². The number of ether oxygens (including phenoxy) is 1. The largest absolute Gasteiger partial charge is 0.376 e. The highest BCUT2D eigenvalue weighted by molar-refractivity contribution is 5.93. The number of nitrogens with one attached hydrogen (secondary N) is 2. The van der Waals surface area contributed by atoms with Gasteiger partial charge >= 0.3 is 0 Å². The molecule has 0 atom stereocenters. The number of hydrogen-bond acceptors (Lipinski definition) is 4. The Morgan fingerprint density at radius 2 is 2.33 bits per heavy atom. The molecule has 2 rings (SSSR count). The maximum atomic E-state index is 11.7. The van der Waals surface area contributed by atoms with Crippen LogP contribution < -0.4 is 10.6 Å². The summed E-state index contributed by atoms with van der Waals surface area (Å²) in [5, 5.41) is 6.11. The van der Waals surface area contributed by atoms with Crippen LogP contribution in [-0.2, 0) is 4.74 Å². The second-order valence-corrected chi connectivity index (χ2v) is 4.32. The summed E-state index contributed by atoms with van der Waals surface area (Å²) in [4.78, 5) is 15.6. The van der Waals surface area contributed by atoms with Crippen LogP contribution in [-0.4, -0.2) is 43.2 Å². The van der Waals surface area contributed by atoms with E-state index in [0.717, 1.165) is 25.9 Å². The zero-order valence-corrected chi connectivity index (χ0v) is 10.4. The number of piperidine rings is 1. The van der Waals surface area contributed by atoms with E-state index in [4.69, 9.17) is 4.74 Å². The van der Waals surface area contributed by atoms with E-state index in [0.29, 0.717) is 24.8 Å². The Morgan fingerprint density at radius 1 is 1.50 bits per heavy atom. The predicted molar refractivity (Wildman–Crippen MR) is 68.4 cm³/mol. The normalized spacial score (nSPS) is 16.4. The molecule has 1 saturated heterocycles. The molecule has 0 bridgehead atoms. The SMILES string of the molecule is O=C(NCCOC1CCNCC1)c1cccnc1. The smallest absolute Gasteiger partial charge is 0.252 e. The van der Waals surface area contributed by atoms with Gasteiger partial charge in [0.25, 0.3) is 5.91 Å². The lowest BCUT2D eigenvalue weighted by Gasteiger charge is -2.22. The minimum Gasteiger partial charge on any atom is -0.376 e. The van der Waals surface area contributed by atoms with Gasteiger partial charge < -0.3 is 15.4 Å². The zero-order chi connectivity index (χ0) is 12.6. The molecule has 0 aliphatic carbocycles. The number of aromatic nitrogens is 1. The first-order valence-electron chi connectivity index (χ1n) is 6.37. The van der Waals surface area contributed by atoms with E-state index in [-0.39, 0.29) is 5.91 Å². The zero-order valence-electron chi connectivity index (χ0n) is 10.4. The van der Waals surface area contributed by atoms with Crippen molar-refractivity contribution in [1.82, 2.24) is 15.6 Å². The molecule has 1 amide bonds. The van der Waals surface area contributed by atoms with E-state index in [2.05, 4.69) is 15.6 Å². The predicted octanol–water partition coefficient (Wildman–Crippen LogP) is 0.580. The topological polar surface area (TPSA) is 63.2 Å². The summed E-state index contributed by atoms with van der Waals surface area (Å²) in [5.41, 5.74) is 0.583. The van der Waals surface area contributed by atoms with Crippen LogP contribution in [0.3, 0.4) is 0 Å². The number of hydrogen-bond donors (Lipinski definition) is 2. The molecule has 98 valence electrons. The number of rotatable bonds is 5. The van der Waals surface area contributed by atoms with Crippen LogP contribution in [0.2, 0.25) is 0 Å². The molecule has 5 heteroatoms. The second kappa shape index (κ2) is 7.08. The number of nitrogens with zero attached hydrogens (tertiary/aromatic N) is 1. The van der Waals surface area contributed by atoms with E-state index in [1.807, 2.05) is 0 Å². The van der Waals surface area contributed by atoms with Gasteiger partial charge in [-0.25, -0.2) is 0 Å². The minimum atomic E-state index is -0.1000. The van der Waals surface area contributed by atoms with Gasteiger partial charge in [0.2, 0.25) is 0 Å². The van der Waals surface area contributed by atoms with Gasteiger partial charge in [0.05, 0.1) is 18.3 Å². The average Bonchev–Trinajstić information content (AvgIpc) is 2.45. The molecule has 1 aromatic rings. The average molecular weight is 249 g/mol. The van der Waals surface area contributed by atoms with E-state index < -0.39 is 0 Å². The van der Waals surface area contributed by atoms with Gasteiger partial charge in [-0.15, -0.1) is 0 Å². The van der Waals surface area contributed by atoms with E-state index in [9.17, 15) is 4.79 Å². The number of pyridine rings is 1. The lowest BCUT2D eigenvalue weighted by molar-refractivity contribution is 0.0343. The summed E-state index contributed by atoms with van der Waals surface area (Å²) in [6.07, 6.45) is 5.65. The van der Waals surface area contributed by atoms with Crippen LogP contribution >= 0.6 is 0 Å². The molecule has 18 heavy (non-hydrogen) atoms. The van der Waals surface area contributed by atoms with E-state index in [1.54, 1.807) is 24.5 Å². The fourth-order valence-electron chi connectivity index (χ4n) is 1.95. The third-order valence-corrected chi connectivity index (χ3v) is 2.95. The maximum Gasteiger partial charge on any atom is 0.252 e. The summed E-state index contributed by atoms with van der Waals surface area (Å²) in [6.45, 7) is 3.15. The van der Waals surface area contributed by atoms with Gasteiger partial charge in [0.1, 0.15) is 0 Å². The van der Waals surface area contributed by atoms with Crippen LogP contribution in [0.4, 0.5) is 0 Å². The van der Waals surface area contributed by atoms with Crippen LogP contribution in [0.15, 0.2) is 24.5 Å². The molecule has 0 aromatic carbocycles. The maximum absolute atomic E-state index is 11.7. The van der Waals surface area contributed by atoms with Gasteiger partial charge in [-0.3, -0.25) is 9.78 Å². The molecule has 0 unspecified atom stereocenters. The fourth-order valence-corrected chi connectivity index (χ4v) is 1.95. The molecular weight excluding hydrogens is 230 g/mol. The highest BCUT2D eigenvalue weighted by Crippen LogP contribution is 2.06. The first-order chi connectivity index (χ1) is 8.86. The Bertz CT molecular complexity index is 364. The van der Waals surface area contributed by atoms with Crippen LogP contribution in [0, 0.1) is 0 Å². The van der Waals surface area contributed by atoms with Crippen LogP contribution in [0.25, 0.3) is 0 Å². The van der Waals surface area contributed by atoms with Gasteiger partial charge in [-0.05, 0) is 38.1 Å². The Kier molecular flexibility index (Phi) is 5.11. The van der Waals surface area contributed by atoms with Crippen LogP contribution in [0.5, 0.6) is 0 Å². The van der Waals surface area contributed by atoms with Crippen molar-refractivity contribution in [2.45, 2.75) is 18.9 Å². The molecule has 2 heterocycles. The molecule has 0 radical (unpaired) electrons. The molecule has 1 aliphatic heterocycles. The molecule has 0 saturated carbocycles. The highest BCUT2D eigenvalue weighted by atomic mass is 16.5. The summed E-state index contributed by atoms with van der Waals surface area (Å²) >= 11 is 0. The first kappa shape index (κ1) is 13.0. The van der Waals surface area contributed by atoms with Crippen molar-refractivity contribution in [1.29, 1.82) is 0 Å². The van der Waals surface area contributed by atoms with E-state index in [1.165, 1.54) is 0 Å². The Morgan fingerprint density at radius 3 is 3.06 bits per heavy atom. The third kappa shape index (κ3) is 4.09. The lowest BCUT2D eigenvalue weighted by atomic mass is 10.1. The molecule has 5 nitrogen and oxygen atoms in total. The van der Waals surface area contributed by atoms with Gasteiger partial charge in [-0.2, -0.15) is 0 Å². The van der Waals surface area contributed by atoms with Crippen LogP contribution in [0.1, 0.15) is 23.2 Å². The molecule has 0 spiro atoms. The fraction of sp³-hybridized carbons (Fsp3) is 0.538. The number of amides is 1. The molecule has 1 aromatic heterocycles. The lowest BCUT2D eigenvalue weighted by Crippen LogP contribution is -2.34. The molecule has 1 fully saturated rings. The quantitative estimate of drug-likeness (QED) is 0.749. The van der Waals surface area contributed by atoms with Gasteiger partial charge in [-0.1, -0.05) is 0 Å².